The number of hydrogen-bond donors (Lipinski definition) is 0. The molecule has 3 rings (SSSR count). The predicted molar refractivity (Wildman–Crippen MR) is 84.0 cm³/mol. The number of morpholine rings is 1. The number of ether oxygens (including phenoxy) is 1. The van der Waals surface area contributed by atoms with Gasteiger partial charge in [0, 0.05) is 31.6 Å². The van der Waals surface area contributed by atoms with E-state index in [-0.39, 0.29) is 0 Å². The lowest BCUT2D eigenvalue weighted by Crippen LogP contribution is -2.36. The van der Waals surface area contributed by atoms with Crippen molar-refractivity contribution in [2.45, 2.75) is 13.5 Å². The molecule has 21 heavy (non-hydrogen) atoms. The van der Waals surface area contributed by atoms with Gasteiger partial charge in [-0.25, -0.2) is 15.0 Å². The Kier molecular flexibility index (Phi) is 4.31. The van der Waals surface area contributed by atoms with E-state index in [0.29, 0.717) is 0 Å². The smallest absolute Gasteiger partial charge is 0.134 e. The van der Waals surface area contributed by atoms with Gasteiger partial charge in [-0.15, -0.1) is 11.3 Å². The monoisotopic (exact) mass is 305 g/mol. The largest absolute Gasteiger partial charge is 0.378 e. The topological polar surface area (TPSA) is 54.4 Å². The van der Waals surface area contributed by atoms with Gasteiger partial charge in [-0.3, -0.25) is 0 Å². The average Bonchev–Trinajstić information content (AvgIpc) is 2.93. The van der Waals surface area contributed by atoms with Crippen molar-refractivity contribution < 1.29 is 4.74 Å². The van der Waals surface area contributed by atoms with Crippen LogP contribution >= 0.6 is 11.3 Å². The van der Waals surface area contributed by atoms with E-state index in [4.69, 9.17) is 4.74 Å². The summed E-state index contributed by atoms with van der Waals surface area (Å²) in [6.45, 7) is 6.05. The molecule has 0 N–H and O–H groups in total. The first-order chi connectivity index (χ1) is 10.2. The highest BCUT2D eigenvalue weighted by Gasteiger charge is 2.14. The zero-order valence-corrected chi connectivity index (χ0v) is 13.1. The number of aryl methyl sites for hydroxylation is 1. The summed E-state index contributed by atoms with van der Waals surface area (Å²) in [6.07, 6.45) is 1.63. The highest BCUT2D eigenvalue weighted by Crippen LogP contribution is 2.19. The van der Waals surface area contributed by atoms with Crippen molar-refractivity contribution in [2.24, 2.45) is 0 Å². The minimum atomic E-state index is 0.754. The van der Waals surface area contributed by atoms with Crippen LogP contribution in [-0.2, 0) is 11.3 Å². The lowest BCUT2D eigenvalue weighted by Gasteiger charge is -2.28. The molecule has 2 aromatic heterocycles. The van der Waals surface area contributed by atoms with Crippen molar-refractivity contribution in [1.29, 1.82) is 0 Å². The zero-order valence-electron chi connectivity index (χ0n) is 12.3. The Morgan fingerprint density at radius 2 is 2.14 bits per heavy atom. The van der Waals surface area contributed by atoms with E-state index in [2.05, 4.69) is 30.1 Å². The third-order valence-electron chi connectivity index (χ3n) is 3.43. The van der Waals surface area contributed by atoms with Crippen LogP contribution in [-0.4, -0.2) is 48.3 Å². The zero-order chi connectivity index (χ0) is 14.7. The summed E-state index contributed by atoms with van der Waals surface area (Å²) in [5, 5.41) is 3.19. The lowest BCUT2D eigenvalue weighted by atomic mass is 10.3. The number of thiazole rings is 1. The Balaban J connectivity index is 1.72. The predicted octanol–water partition coefficient (Wildman–Crippen LogP) is 1.71. The first kappa shape index (κ1) is 14.2. The lowest BCUT2D eigenvalue weighted by molar-refractivity contribution is 0.122. The molecule has 0 atom stereocenters. The molecule has 1 aliphatic heterocycles. The number of rotatable bonds is 4. The van der Waals surface area contributed by atoms with Crippen LogP contribution in [0.5, 0.6) is 0 Å². The molecule has 3 heterocycles. The van der Waals surface area contributed by atoms with Crippen molar-refractivity contribution in [3.05, 3.63) is 28.5 Å². The molecule has 7 heteroatoms. The van der Waals surface area contributed by atoms with Crippen molar-refractivity contribution >= 4 is 23.0 Å². The normalized spacial score (nSPS) is 15.2. The van der Waals surface area contributed by atoms with Gasteiger partial charge in [0.2, 0.25) is 0 Å². The standard InChI is InChI=1S/C14H19N5OS/c1-11-17-12(9-21-11)8-18(2)13-7-14(16-10-15-13)19-3-5-20-6-4-19/h7,9-10H,3-6,8H2,1-2H3. The summed E-state index contributed by atoms with van der Waals surface area (Å²) in [6, 6.07) is 2.03. The molecule has 0 bridgehead atoms. The van der Waals surface area contributed by atoms with Crippen molar-refractivity contribution in [3.63, 3.8) is 0 Å². The van der Waals surface area contributed by atoms with Gasteiger partial charge in [0.1, 0.15) is 18.0 Å². The Morgan fingerprint density at radius 1 is 1.33 bits per heavy atom. The number of aromatic nitrogens is 3. The Bertz CT molecular complexity index is 597. The quantitative estimate of drug-likeness (QED) is 0.857. The molecule has 112 valence electrons. The van der Waals surface area contributed by atoms with Gasteiger partial charge in [0.05, 0.1) is 30.5 Å². The molecule has 1 fully saturated rings. The van der Waals surface area contributed by atoms with Gasteiger partial charge in [0.15, 0.2) is 0 Å². The second-order valence-corrected chi connectivity index (χ2v) is 6.11. The summed E-state index contributed by atoms with van der Waals surface area (Å²) < 4.78 is 5.38. The molecule has 6 nitrogen and oxygen atoms in total. The molecule has 0 radical (unpaired) electrons. The summed E-state index contributed by atoms with van der Waals surface area (Å²) in [5.74, 6) is 1.88. The summed E-state index contributed by atoms with van der Waals surface area (Å²) in [5.41, 5.74) is 1.08. The molecule has 0 unspecified atom stereocenters. The van der Waals surface area contributed by atoms with Gasteiger partial charge in [-0.2, -0.15) is 0 Å². The van der Waals surface area contributed by atoms with E-state index < -0.39 is 0 Å². The van der Waals surface area contributed by atoms with Crippen LogP contribution in [0.4, 0.5) is 11.6 Å². The molecular weight excluding hydrogens is 286 g/mol. The molecule has 0 aliphatic carbocycles. The molecule has 0 saturated carbocycles. The molecule has 0 amide bonds. The van der Waals surface area contributed by atoms with Gasteiger partial charge < -0.3 is 14.5 Å². The molecule has 0 spiro atoms. The third-order valence-corrected chi connectivity index (χ3v) is 4.25. The molecule has 1 aliphatic rings. The SMILES string of the molecule is Cc1nc(CN(C)c2cc(N3CCOCC3)ncn2)cs1. The van der Waals surface area contributed by atoms with Crippen LogP contribution in [0.25, 0.3) is 0 Å². The summed E-state index contributed by atoms with van der Waals surface area (Å²) >= 11 is 1.67. The Morgan fingerprint density at radius 3 is 2.86 bits per heavy atom. The van der Waals surface area contributed by atoms with Crippen LogP contribution in [0.2, 0.25) is 0 Å². The minimum absolute atomic E-state index is 0.754. The summed E-state index contributed by atoms with van der Waals surface area (Å²) in [7, 11) is 2.03. The fourth-order valence-corrected chi connectivity index (χ4v) is 2.92. The van der Waals surface area contributed by atoms with E-state index in [0.717, 1.165) is 55.2 Å². The highest BCUT2D eigenvalue weighted by molar-refractivity contribution is 7.09. The maximum absolute atomic E-state index is 5.38. The van der Waals surface area contributed by atoms with Crippen molar-refractivity contribution in [3.8, 4) is 0 Å². The maximum atomic E-state index is 5.38. The van der Waals surface area contributed by atoms with Crippen LogP contribution in [0.15, 0.2) is 17.8 Å². The number of nitrogens with zero attached hydrogens (tertiary/aromatic N) is 5. The van der Waals surface area contributed by atoms with E-state index >= 15 is 0 Å². The Hall–Kier alpha value is -1.73. The first-order valence-electron chi connectivity index (χ1n) is 6.99. The number of hydrogen-bond acceptors (Lipinski definition) is 7. The maximum Gasteiger partial charge on any atom is 0.134 e. The van der Waals surface area contributed by atoms with E-state index in [1.807, 2.05) is 20.0 Å². The van der Waals surface area contributed by atoms with Crippen molar-refractivity contribution in [2.75, 3.05) is 43.2 Å². The molecule has 2 aromatic rings. The fourth-order valence-electron chi connectivity index (χ4n) is 2.32. The van der Waals surface area contributed by atoms with E-state index in [1.54, 1.807) is 17.7 Å². The first-order valence-corrected chi connectivity index (χ1v) is 7.87. The molecular formula is C14H19N5OS. The highest BCUT2D eigenvalue weighted by atomic mass is 32.1. The van der Waals surface area contributed by atoms with Crippen molar-refractivity contribution in [1.82, 2.24) is 15.0 Å². The van der Waals surface area contributed by atoms with Crippen LogP contribution in [0.1, 0.15) is 10.7 Å². The second kappa shape index (κ2) is 6.36. The van der Waals surface area contributed by atoms with Gasteiger partial charge >= 0.3 is 0 Å². The second-order valence-electron chi connectivity index (χ2n) is 5.05. The van der Waals surface area contributed by atoms with Gasteiger partial charge in [0.25, 0.3) is 0 Å². The van der Waals surface area contributed by atoms with E-state index in [1.165, 1.54) is 0 Å². The average molecular weight is 305 g/mol. The number of anilines is 2. The van der Waals surface area contributed by atoms with Crippen LogP contribution in [0.3, 0.4) is 0 Å². The van der Waals surface area contributed by atoms with E-state index in [9.17, 15) is 0 Å². The Labute approximate surface area is 128 Å². The fraction of sp³-hybridized carbons (Fsp3) is 0.500. The van der Waals surface area contributed by atoms with Gasteiger partial charge in [-0.1, -0.05) is 0 Å². The molecule has 0 aromatic carbocycles. The summed E-state index contributed by atoms with van der Waals surface area (Å²) in [4.78, 5) is 17.6. The van der Waals surface area contributed by atoms with Crippen LogP contribution in [0, 0.1) is 6.92 Å². The minimum Gasteiger partial charge on any atom is -0.378 e. The third kappa shape index (κ3) is 3.48. The van der Waals surface area contributed by atoms with Crippen LogP contribution < -0.4 is 9.80 Å². The van der Waals surface area contributed by atoms with Gasteiger partial charge in [-0.05, 0) is 6.92 Å². The molecule has 1 saturated heterocycles.